The van der Waals surface area contributed by atoms with Gasteiger partial charge >= 0.3 is 0 Å². The SMILES string of the molecule is Cc1ccc(S(=O)(=O)NC(CC(C)C)C(=O)NCCN)cc1.Cl. The number of hydrogen-bond acceptors (Lipinski definition) is 4. The van der Waals surface area contributed by atoms with Crippen molar-refractivity contribution < 1.29 is 13.2 Å². The van der Waals surface area contributed by atoms with E-state index in [1.54, 1.807) is 12.1 Å². The Labute approximate surface area is 144 Å². The zero-order chi connectivity index (χ0) is 16.8. The molecule has 23 heavy (non-hydrogen) atoms. The van der Waals surface area contributed by atoms with Crippen LogP contribution in [0.25, 0.3) is 0 Å². The van der Waals surface area contributed by atoms with Crippen LogP contribution in [-0.2, 0) is 14.8 Å². The van der Waals surface area contributed by atoms with Gasteiger partial charge in [0.15, 0.2) is 0 Å². The molecule has 0 saturated carbocycles. The fourth-order valence-corrected chi connectivity index (χ4v) is 3.18. The highest BCUT2D eigenvalue weighted by molar-refractivity contribution is 7.89. The van der Waals surface area contributed by atoms with Gasteiger partial charge < -0.3 is 11.1 Å². The first-order valence-electron chi connectivity index (χ1n) is 7.33. The summed E-state index contributed by atoms with van der Waals surface area (Å²) in [5.74, 6) is -0.177. The van der Waals surface area contributed by atoms with Gasteiger partial charge in [0.2, 0.25) is 15.9 Å². The Morgan fingerprint density at radius 3 is 2.26 bits per heavy atom. The second-order valence-corrected chi connectivity index (χ2v) is 7.41. The molecule has 1 rings (SSSR count). The summed E-state index contributed by atoms with van der Waals surface area (Å²) in [6.45, 7) is 6.38. The van der Waals surface area contributed by atoms with Crippen LogP contribution in [0.5, 0.6) is 0 Å². The first kappa shape index (κ1) is 21.9. The first-order chi connectivity index (χ1) is 10.3. The van der Waals surface area contributed by atoms with Crippen LogP contribution in [0.3, 0.4) is 0 Å². The van der Waals surface area contributed by atoms with E-state index >= 15 is 0 Å². The van der Waals surface area contributed by atoms with E-state index in [2.05, 4.69) is 10.0 Å². The number of aryl methyl sites for hydroxylation is 1. The molecule has 0 aliphatic rings. The summed E-state index contributed by atoms with van der Waals surface area (Å²) in [5.41, 5.74) is 6.33. The number of halogens is 1. The number of nitrogens with one attached hydrogen (secondary N) is 2. The molecule has 0 spiro atoms. The van der Waals surface area contributed by atoms with Crippen LogP contribution in [-0.4, -0.2) is 33.5 Å². The zero-order valence-corrected chi connectivity index (χ0v) is 15.3. The molecule has 0 saturated heterocycles. The predicted molar refractivity (Wildman–Crippen MR) is 94.1 cm³/mol. The fourth-order valence-electron chi connectivity index (χ4n) is 1.97. The molecule has 0 aliphatic carbocycles. The molecular weight excluding hydrogens is 338 g/mol. The zero-order valence-electron chi connectivity index (χ0n) is 13.7. The lowest BCUT2D eigenvalue weighted by molar-refractivity contribution is -0.123. The summed E-state index contributed by atoms with van der Waals surface area (Å²) in [7, 11) is -3.73. The van der Waals surface area contributed by atoms with E-state index in [-0.39, 0.29) is 29.1 Å². The average molecular weight is 364 g/mol. The third-order valence-corrected chi connectivity index (χ3v) is 4.58. The molecule has 1 amide bonds. The fraction of sp³-hybridized carbons (Fsp3) is 0.533. The van der Waals surface area contributed by atoms with Crippen LogP contribution in [0.4, 0.5) is 0 Å². The van der Waals surface area contributed by atoms with E-state index in [1.807, 2.05) is 20.8 Å². The van der Waals surface area contributed by atoms with Crippen molar-refractivity contribution in [1.82, 2.24) is 10.0 Å². The number of benzene rings is 1. The molecule has 4 N–H and O–H groups in total. The maximum Gasteiger partial charge on any atom is 0.241 e. The molecule has 1 unspecified atom stereocenters. The summed E-state index contributed by atoms with van der Waals surface area (Å²) in [6.07, 6.45) is 0.418. The van der Waals surface area contributed by atoms with Gasteiger partial charge in [-0.2, -0.15) is 4.72 Å². The van der Waals surface area contributed by atoms with Gasteiger partial charge in [-0.1, -0.05) is 31.5 Å². The number of rotatable bonds is 8. The number of carbonyl (C=O) groups excluding carboxylic acids is 1. The van der Waals surface area contributed by atoms with E-state index in [0.29, 0.717) is 19.5 Å². The lowest BCUT2D eigenvalue weighted by Crippen LogP contribution is -2.48. The number of amides is 1. The van der Waals surface area contributed by atoms with Crippen molar-refractivity contribution in [2.45, 2.75) is 38.1 Å². The van der Waals surface area contributed by atoms with Crippen molar-refractivity contribution in [3.63, 3.8) is 0 Å². The van der Waals surface area contributed by atoms with Gasteiger partial charge in [0.25, 0.3) is 0 Å². The van der Waals surface area contributed by atoms with E-state index in [1.165, 1.54) is 12.1 Å². The standard InChI is InChI=1S/C15H25N3O3S.ClH/c1-11(2)10-14(15(19)17-9-8-16)18-22(20,21)13-6-4-12(3)5-7-13;/h4-7,11,14,18H,8-10,16H2,1-3H3,(H,17,19);1H. The topological polar surface area (TPSA) is 101 Å². The molecule has 132 valence electrons. The van der Waals surface area contributed by atoms with Crippen molar-refractivity contribution >= 4 is 28.3 Å². The van der Waals surface area contributed by atoms with Crippen LogP contribution in [0.15, 0.2) is 29.2 Å². The molecule has 1 aromatic rings. The summed E-state index contributed by atoms with van der Waals surface area (Å²) < 4.78 is 27.3. The average Bonchev–Trinajstić information content (AvgIpc) is 2.43. The van der Waals surface area contributed by atoms with Gasteiger partial charge in [-0.25, -0.2) is 8.42 Å². The smallest absolute Gasteiger partial charge is 0.241 e. The highest BCUT2D eigenvalue weighted by atomic mass is 35.5. The molecule has 1 atom stereocenters. The van der Waals surface area contributed by atoms with Gasteiger partial charge in [-0.05, 0) is 31.4 Å². The second-order valence-electron chi connectivity index (χ2n) is 5.70. The maximum atomic E-state index is 12.4. The molecule has 0 heterocycles. The lowest BCUT2D eigenvalue weighted by atomic mass is 10.0. The summed E-state index contributed by atoms with van der Waals surface area (Å²) in [4.78, 5) is 12.3. The van der Waals surface area contributed by atoms with Crippen LogP contribution in [0, 0.1) is 12.8 Å². The first-order valence-corrected chi connectivity index (χ1v) is 8.81. The van der Waals surface area contributed by atoms with E-state index in [9.17, 15) is 13.2 Å². The molecule has 0 aliphatic heterocycles. The maximum absolute atomic E-state index is 12.4. The predicted octanol–water partition coefficient (Wildman–Crippen LogP) is 1.18. The van der Waals surface area contributed by atoms with Gasteiger partial charge in [-0.3, -0.25) is 4.79 Å². The second kappa shape index (κ2) is 9.87. The largest absolute Gasteiger partial charge is 0.353 e. The van der Waals surface area contributed by atoms with Gasteiger partial charge in [0.05, 0.1) is 4.90 Å². The number of hydrogen-bond donors (Lipinski definition) is 3. The minimum absolute atomic E-state index is 0. The minimum atomic E-state index is -3.73. The molecule has 0 radical (unpaired) electrons. The molecule has 8 heteroatoms. The Morgan fingerprint density at radius 1 is 1.22 bits per heavy atom. The molecule has 0 fully saturated rings. The third-order valence-electron chi connectivity index (χ3n) is 3.10. The monoisotopic (exact) mass is 363 g/mol. The highest BCUT2D eigenvalue weighted by Gasteiger charge is 2.26. The Bertz CT molecular complexity index is 588. The number of sulfonamides is 1. The van der Waals surface area contributed by atoms with Gasteiger partial charge in [0.1, 0.15) is 6.04 Å². The molecule has 0 aromatic heterocycles. The Morgan fingerprint density at radius 2 is 1.78 bits per heavy atom. The van der Waals surface area contributed by atoms with E-state index in [0.717, 1.165) is 5.56 Å². The highest BCUT2D eigenvalue weighted by Crippen LogP contribution is 2.13. The van der Waals surface area contributed by atoms with Crippen molar-refractivity contribution in [3.05, 3.63) is 29.8 Å². The normalized spacial score (nSPS) is 12.6. The summed E-state index contributed by atoms with van der Waals surface area (Å²) in [5, 5.41) is 2.63. The van der Waals surface area contributed by atoms with Crippen molar-refractivity contribution in [2.75, 3.05) is 13.1 Å². The Kier molecular flexibility index (Phi) is 9.38. The van der Waals surface area contributed by atoms with Gasteiger partial charge in [-0.15, -0.1) is 12.4 Å². The van der Waals surface area contributed by atoms with Crippen LogP contribution in [0.1, 0.15) is 25.8 Å². The quantitative estimate of drug-likeness (QED) is 0.645. The van der Waals surface area contributed by atoms with Crippen LogP contribution >= 0.6 is 12.4 Å². The Hall–Kier alpha value is -1.15. The van der Waals surface area contributed by atoms with E-state index in [4.69, 9.17) is 5.73 Å². The van der Waals surface area contributed by atoms with Crippen molar-refractivity contribution in [3.8, 4) is 0 Å². The molecule has 6 nitrogen and oxygen atoms in total. The van der Waals surface area contributed by atoms with Crippen molar-refractivity contribution in [2.24, 2.45) is 11.7 Å². The minimum Gasteiger partial charge on any atom is -0.353 e. The van der Waals surface area contributed by atoms with Gasteiger partial charge in [0, 0.05) is 13.1 Å². The number of nitrogens with two attached hydrogens (primary N) is 1. The molecule has 1 aromatic carbocycles. The van der Waals surface area contributed by atoms with Crippen LogP contribution in [0.2, 0.25) is 0 Å². The van der Waals surface area contributed by atoms with Crippen molar-refractivity contribution in [1.29, 1.82) is 0 Å². The molecule has 0 bridgehead atoms. The summed E-state index contributed by atoms with van der Waals surface area (Å²) >= 11 is 0. The lowest BCUT2D eigenvalue weighted by Gasteiger charge is -2.20. The number of carbonyl (C=O) groups is 1. The molecular formula is C15H26ClN3O3S. The Balaban J connectivity index is 0.00000484. The third kappa shape index (κ3) is 7.30. The van der Waals surface area contributed by atoms with Crippen LogP contribution < -0.4 is 15.8 Å². The summed E-state index contributed by atoms with van der Waals surface area (Å²) in [6, 6.07) is 5.70. The van der Waals surface area contributed by atoms with E-state index < -0.39 is 16.1 Å².